The first-order valence-electron chi connectivity index (χ1n) is 6.54. The molecule has 1 aromatic carbocycles. The van der Waals surface area contributed by atoms with E-state index in [1.807, 2.05) is 11.3 Å². The summed E-state index contributed by atoms with van der Waals surface area (Å²) in [5.74, 6) is 0. The number of aryl methyl sites for hydroxylation is 2. The number of rotatable bonds is 5. The monoisotopic (exact) mass is 337 g/mol. The van der Waals surface area contributed by atoms with E-state index in [4.69, 9.17) is 0 Å². The van der Waals surface area contributed by atoms with E-state index in [1.54, 1.807) is 0 Å². The van der Waals surface area contributed by atoms with Crippen LogP contribution in [0.5, 0.6) is 0 Å². The van der Waals surface area contributed by atoms with Gasteiger partial charge in [-0.3, -0.25) is 0 Å². The molecule has 1 nitrogen and oxygen atoms in total. The lowest BCUT2D eigenvalue weighted by atomic mass is 9.99. The minimum atomic E-state index is 0.492. The lowest BCUT2D eigenvalue weighted by molar-refractivity contribution is 0.560. The van der Waals surface area contributed by atoms with Crippen molar-refractivity contribution in [2.75, 3.05) is 7.05 Å². The van der Waals surface area contributed by atoms with Crippen molar-refractivity contribution in [3.63, 3.8) is 0 Å². The Balaban J connectivity index is 2.06. The maximum absolute atomic E-state index is 3.52. The van der Waals surface area contributed by atoms with Gasteiger partial charge in [0.15, 0.2) is 0 Å². The quantitative estimate of drug-likeness (QED) is 0.846. The van der Waals surface area contributed by atoms with E-state index in [1.165, 1.54) is 26.0 Å². The third-order valence-electron chi connectivity index (χ3n) is 3.24. The van der Waals surface area contributed by atoms with Crippen LogP contribution < -0.4 is 5.32 Å². The number of hydrogen-bond donors (Lipinski definition) is 1. The van der Waals surface area contributed by atoms with E-state index in [9.17, 15) is 0 Å². The second-order valence-corrected chi connectivity index (χ2v) is 7.03. The molecule has 3 heteroatoms. The molecule has 0 amide bonds. The van der Waals surface area contributed by atoms with Crippen LogP contribution in [0.3, 0.4) is 0 Å². The van der Waals surface area contributed by atoms with Crippen molar-refractivity contribution in [2.45, 2.75) is 32.7 Å². The van der Waals surface area contributed by atoms with Crippen molar-refractivity contribution in [3.8, 4) is 0 Å². The van der Waals surface area contributed by atoms with Gasteiger partial charge in [0, 0.05) is 20.8 Å². The third-order valence-corrected chi connectivity index (χ3v) is 4.96. The molecule has 0 aliphatic heterocycles. The topological polar surface area (TPSA) is 12.0 Å². The van der Waals surface area contributed by atoms with Crippen LogP contribution in [-0.2, 0) is 12.8 Å². The summed E-state index contributed by atoms with van der Waals surface area (Å²) in [5, 5.41) is 5.59. The molecular formula is C16H20BrNS. The first kappa shape index (κ1) is 14.8. The number of halogens is 1. The minimum Gasteiger partial charge on any atom is -0.316 e. The van der Waals surface area contributed by atoms with Gasteiger partial charge >= 0.3 is 0 Å². The van der Waals surface area contributed by atoms with Crippen LogP contribution in [0.1, 0.15) is 21.6 Å². The summed E-state index contributed by atoms with van der Waals surface area (Å²) in [6.07, 6.45) is 2.16. The predicted octanol–water partition coefficient (Wildman–Crippen LogP) is 4.50. The molecule has 1 N–H and O–H groups in total. The molecule has 0 radical (unpaired) electrons. The first-order chi connectivity index (χ1) is 9.06. The second-order valence-electron chi connectivity index (χ2n) is 5.12. The molecule has 0 bridgehead atoms. The average molecular weight is 338 g/mol. The molecule has 19 heavy (non-hydrogen) atoms. The molecule has 1 aromatic heterocycles. The highest BCUT2D eigenvalue weighted by molar-refractivity contribution is 9.10. The van der Waals surface area contributed by atoms with Crippen LogP contribution in [-0.4, -0.2) is 13.1 Å². The van der Waals surface area contributed by atoms with Gasteiger partial charge in [-0.15, -0.1) is 11.3 Å². The summed E-state index contributed by atoms with van der Waals surface area (Å²) < 4.78 is 1.19. The highest BCUT2D eigenvalue weighted by Gasteiger charge is 2.10. The molecule has 1 atom stereocenters. The van der Waals surface area contributed by atoms with Gasteiger partial charge in [-0.2, -0.15) is 0 Å². The van der Waals surface area contributed by atoms with Crippen molar-refractivity contribution < 1.29 is 0 Å². The second kappa shape index (κ2) is 6.69. The van der Waals surface area contributed by atoms with Gasteiger partial charge in [0.1, 0.15) is 0 Å². The Kier molecular flexibility index (Phi) is 5.20. The van der Waals surface area contributed by atoms with E-state index in [0.29, 0.717) is 6.04 Å². The van der Waals surface area contributed by atoms with Crippen molar-refractivity contribution >= 4 is 27.3 Å². The molecule has 0 aliphatic rings. The fourth-order valence-corrected chi connectivity index (χ4v) is 3.98. The zero-order valence-corrected chi connectivity index (χ0v) is 14.1. The van der Waals surface area contributed by atoms with Crippen LogP contribution >= 0.6 is 27.3 Å². The van der Waals surface area contributed by atoms with Crippen molar-refractivity contribution in [1.29, 1.82) is 0 Å². The molecule has 0 fully saturated rings. The van der Waals surface area contributed by atoms with Gasteiger partial charge in [0.25, 0.3) is 0 Å². The van der Waals surface area contributed by atoms with Crippen LogP contribution in [0, 0.1) is 13.8 Å². The Morgan fingerprint density at radius 2 is 1.79 bits per heavy atom. The van der Waals surface area contributed by atoms with Gasteiger partial charge in [-0.25, -0.2) is 0 Å². The molecular weight excluding hydrogens is 318 g/mol. The Bertz CT molecular complexity index is 527. The zero-order chi connectivity index (χ0) is 13.8. The van der Waals surface area contributed by atoms with Crippen molar-refractivity contribution in [1.82, 2.24) is 5.32 Å². The van der Waals surface area contributed by atoms with Crippen molar-refractivity contribution in [2.24, 2.45) is 0 Å². The van der Waals surface area contributed by atoms with Crippen LogP contribution in [0.15, 0.2) is 34.1 Å². The number of nitrogens with one attached hydrogen (secondary N) is 1. The summed E-state index contributed by atoms with van der Waals surface area (Å²) in [6, 6.07) is 9.53. The number of benzene rings is 1. The van der Waals surface area contributed by atoms with E-state index < -0.39 is 0 Å². The van der Waals surface area contributed by atoms with Gasteiger partial charge in [-0.1, -0.05) is 29.3 Å². The first-order valence-corrected chi connectivity index (χ1v) is 8.21. The molecule has 102 valence electrons. The fraction of sp³-hybridized carbons (Fsp3) is 0.375. The van der Waals surface area contributed by atoms with Gasteiger partial charge < -0.3 is 5.32 Å². The van der Waals surface area contributed by atoms with E-state index >= 15 is 0 Å². The molecule has 2 rings (SSSR count). The molecule has 0 spiro atoms. The largest absolute Gasteiger partial charge is 0.316 e. The Labute approximate surface area is 128 Å². The van der Waals surface area contributed by atoms with Gasteiger partial charge in [-0.05, 0) is 61.3 Å². The summed E-state index contributed by atoms with van der Waals surface area (Å²) >= 11 is 5.34. The Hall–Kier alpha value is -0.640. The number of likely N-dealkylation sites (N-methyl/N-ethyl adjacent to an activating group) is 1. The highest BCUT2D eigenvalue weighted by Crippen LogP contribution is 2.22. The molecule has 0 saturated carbocycles. The normalized spacial score (nSPS) is 12.6. The summed E-state index contributed by atoms with van der Waals surface area (Å²) in [4.78, 5) is 1.43. The molecule has 1 unspecified atom stereocenters. The molecule has 0 saturated heterocycles. The van der Waals surface area contributed by atoms with Crippen LogP contribution in [0.25, 0.3) is 0 Å². The molecule has 2 aromatic rings. The van der Waals surface area contributed by atoms with Gasteiger partial charge in [0.05, 0.1) is 0 Å². The highest BCUT2D eigenvalue weighted by atomic mass is 79.9. The SMILES string of the molecule is CNC(Cc1cc(C)cc(C)c1)Cc1cc(Br)cs1. The third kappa shape index (κ3) is 4.44. The average Bonchev–Trinajstić information content (AvgIpc) is 2.72. The van der Waals surface area contributed by atoms with E-state index in [0.717, 1.165) is 12.8 Å². The predicted molar refractivity (Wildman–Crippen MR) is 88.2 cm³/mol. The van der Waals surface area contributed by atoms with Gasteiger partial charge in [0.2, 0.25) is 0 Å². The Morgan fingerprint density at radius 1 is 1.11 bits per heavy atom. The lowest BCUT2D eigenvalue weighted by Gasteiger charge is -2.16. The number of thiophene rings is 1. The Morgan fingerprint density at radius 3 is 2.32 bits per heavy atom. The summed E-state index contributed by atoms with van der Waals surface area (Å²) in [6.45, 7) is 4.34. The standard InChI is InChI=1S/C16H20BrNS/c1-11-4-12(2)6-13(5-11)7-15(18-3)9-16-8-14(17)10-19-16/h4-6,8,10,15,18H,7,9H2,1-3H3. The number of hydrogen-bond acceptors (Lipinski definition) is 2. The summed E-state index contributed by atoms with van der Waals surface area (Å²) in [7, 11) is 2.05. The lowest BCUT2D eigenvalue weighted by Crippen LogP contribution is -2.29. The van der Waals surface area contributed by atoms with Crippen LogP contribution in [0.4, 0.5) is 0 Å². The molecule has 1 heterocycles. The maximum atomic E-state index is 3.52. The maximum Gasteiger partial charge on any atom is 0.0285 e. The molecule has 0 aliphatic carbocycles. The van der Waals surface area contributed by atoms with E-state index in [-0.39, 0.29) is 0 Å². The smallest absolute Gasteiger partial charge is 0.0285 e. The summed E-state index contributed by atoms with van der Waals surface area (Å²) in [5.41, 5.74) is 4.12. The van der Waals surface area contributed by atoms with E-state index in [2.05, 4.69) is 71.8 Å². The van der Waals surface area contributed by atoms with Crippen molar-refractivity contribution in [3.05, 3.63) is 55.7 Å². The zero-order valence-electron chi connectivity index (χ0n) is 11.7. The minimum absolute atomic E-state index is 0.492. The van der Waals surface area contributed by atoms with Crippen LogP contribution in [0.2, 0.25) is 0 Å². The fourth-order valence-electron chi connectivity index (χ4n) is 2.45.